The lowest BCUT2D eigenvalue weighted by Crippen LogP contribution is -2.55. The lowest BCUT2D eigenvalue weighted by atomic mass is 9.73. The zero-order valence-corrected chi connectivity index (χ0v) is 24.9. The minimum Gasteiger partial charge on any atom is -0.496 e. The Morgan fingerprint density at radius 2 is 1.59 bits per heavy atom. The van der Waals surface area contributed by atoms with Gasteiger partial charge in [-0.2, -0.15) is 13.2 Å². The zero-order valence-electron chi connectivity index (χ0n) is 24.9. The number of urea groups is 1. The Morgan fingerprint density at radius 3 is 2.05 bits per heavy atom. The Hall–Kier alpha value is -3.27. The summed E-state index contributed by atoms with van der Waals surface area (Å²) < 4.78 is 52.4. The van der Waals surface area contributed by atoms with Crippen molar-refractivity contribution in [3.05, 3.63) is 65.2 Å². The van der Waals surface area contributed by atoms with E-state index in [0.29, 0.717) is 5.56 Å². The van der Waals surface area contributed by atoms with Gasteiger partial charge < -0.3 is 24.4 Å². The number of amides is 2. The second kappa shape index (κ2) is 12.3. The van der Waals surface area contributed by atoms with E-state index in [-0.39, 0.29) is 30.0 Å². The van der Waals surface area contributed by atoms with Gasteiger partial charge in [0.1, 0.15) is 11.8 Å². The van der Waals surface area contributed by atoms with Crippen LogP contribution in [0.2, 0.25) is 0 Å². The molecule has 4 unspecified atom stereocenters. The maximum Gasteiger partial charge on any atom is 0.416 e. The van der Waals surface area contributed by atoms with Crippen molar-refractivity contribution in [2.45, 2.75) is 91.5 Å². The third-order valence-electron chi connectivity index (χ3n) is 7.59. The van der Waals surface area contributed by atoms with Crippen LogP contribution in [0.25, 0.3) is 0 Å². The van der Waals surface area contributed by atoms with Gasteiger partial charge in [-0.1, -0.05) is 51.1 Å². The fraction of sp³-hybridized carbons (Fsp3) is 0.548. The SMILES string of the molecule is COc1ccc(C(F)(F)F)cc1COC1C(c2ccccc2)N(C(=O)N(C(C)C)C(C)C)C(C(=O)O)C1C(C)(C)C. The van der Waals surface area contributed by atoms with E-state index < -0.39 is 53.3 Å². The van der Waals surface area contributed by atoms with Crippen LogP contribution >= 0.6 is 0 Å². The zero-order chi connectivity index (χ0) is 30.9. The molecule has 0 aliphatic carbocycles. The van der Waals surface area contributed by atoms with Crippen LogP contribution in [0.3, 0.4) is 0 Å². The van der Waals surface area contributed by atoms with E-state index in [4.69, 9.17) is 9.47 Å². The number of nitrogens with zero attached hydrogens (tertiary/aromatic N) is 2. The van der Waals surface area contributed by atoms with Crippen LogP contribution in [0.1, 0.15) is 71.2 Å². The molecule has 7 nitrogen and oxygen atoms in total. The molecule has 1 N–H and O–H groups in total. The Labute approximate surface area is 240 Å². The summed E-state index contributed by atoms with van der Waals surface area (Å²) in [6.07, 6.45) is -5.42. The minimum atomic E-state index is -4.57. The van der Waals surface area contributed by atoms with Crippen LogP contribution in [0.4, 0.5) is 18.0 Å². The number of carbonyl (C=O) groups is 2. The first-order valence-corrected chi connectivity index (χ1v) is 13.7. The van der Waals surface area contributed by atoms with Crippen molar-refractivity contribution in [3.63, 3.8) is 0 Å². The summed E-state index contributed by atoms with van der Waals surface area (Å²) >= 11 is 0. The fourth-order valence-electron chi connectivity index (χ4n) is 5.98. The molecule has 10 heteroatoms. The van der Waals surface area contributed by atoms with E-state index in [2.05, 4.69) is 0 Å². The van der Waals surface area contributed by atoms with Crippen LogP contribution in [-0.2, 0) is 22.3 Å². The Balaban J connectivity index is 2.20. The molecule has 0 bridgehead atoms. The maximum absolute atomic E-state index is 14.3. The van der Waals surface area contributed by atoms with Gasteiger partial charge in [0.25, 0.3) is 0 Å². The van der Waals surface area contributed by atoms with E-state index >= 15 is 0 Å². The topological polar surface area (TPSA) is 79.3 Å². The molecule has 1 heterocycles. The Morgan fingerprint density at radius 1 is 1.00 bits per heavy atom. The summed E-state index contributed by atoms with van der Waals surface area (Å²) in [6.45, 7) is 12.9. The lowest BCUT2D eigenvalue weighted by molar-refractivity contribution is -0.145. The first-order chi connectivity index (χ1) is 19.0. The van der Waals surface area contributed by atoms with E-state index in [1.54, 1.807) is 17.0 Å². The number of likely N-dealkylation sites (tertiary alicyclic amines) is 1. The van der Waals surface area contributed by atoms with Crippen LogP contribution < -0.4 is 4.74 Å². The molecule has 3 rings (SSSR count). The summed E-state index contributed by atoms with van der Waals surface area (Å²) in [4.78, 5) is 30.3. The predicted octanol–water partition coefficient (Wildman–Crippen LogP) is 7.01. The first-order valence-electron chi connectivity index (χ1n) is 13.7. The van der Waals surface area contributed by atoms with Crippen molar-refractivity contribution in [1.82, 2.24) is 9.80 Å². The Bertz CT molecular complexity index is 1200. The van der Waals surface area contributed by atoms with Crippen LogP contribution in [0.5, 0.6) is 5.75 Å². The van der Waals surface area contributed by atoms with Crippen molar-refractivity contribution in [2.24, 2.45) is 11.3 Å². The molecular formula is C31H41F3N2O5. The predicted molar refractivity (Wildman–Crippen MR) is 149 cm³/mol. The van der Waals surface area contributed by atoms with Gasteiger partial charge in [-0.3, -0.25) is 0 Å². The van der Waals surface area contributed by atoms with E-state index in [1.807, 2.05) is 66.7 Å². The van der Waals surface area contributed by atoms with Crippen molar-refractivity contribution in [2.75, 3.05) is 7.11 Å². The molecule has 0 radical (unpaired) electrons. The molecule has 0 aromatic heterocycles. The maximum atomic E-state index is 14.3. The largest absolute Gasteiger partial charge is 0.496 e. The highest BCUT2D eigenvalue weighted by molar-refractivity contribution is 5.85. The number of rotatable bonds is 8. The molecule has 41 heavy (non-hydrogen) atoms. The van der Waals surface area contributed by atoms with Gasteiger partial charge in [0.15, 0.2) is 0 Å². The van der Waals surface area contributed by atoms with Crippen LogP contribution in [-0.4, -0.2) is 58.2 Å². The smallest absolute Gasteiger partial charge is 0.416 e. The molecule has 1 aliphatic heterocycles. The number of carboxylic acids is 1. The van der Waals surface area contributed by atoms with E-state index in [0.717, 1.165) is 12.1 Å². The van der Waals surface area contributed by atoms with Crippen molar-refractivity contribution in [1.29, 1.82) is 0 Å². The Kier molecular flexibility index (Phi) is 9.68. The molecule has 0 saturated carbocycles. The number of carboxylic acid groups (broad SMARTS) is 1. The summed E-state index contributed by atoms with van der Waals surface area (Å²) in [5.74, 6) is -1.66. The minimum absolute atomic E-state index is 0.171. The number of aliphatic carboxylic acids is 1. The molecule has 2 amide bonds. The van der Waals surface area contributed by atoms with E-state index in [1.165, 1.54) is 18.1 Å². The summed E-state index contributed by atoms with van der Waals surface area (Å²) in [7, 11) is 1.36. The molecule has 4 atom stereocenters. The molecule has 226 valence electrons. The number of alkyl halides is 3. The van der Waals surface area contributed by atoms with Gasteiger partial charge in [0.2, 0.25) is 0 Å². The highest BCUT2D eigenvalue weighted by Gasteiger charge is 2.59. The molecular weight excluding hydrogens is 537 g/mol. The molecule has 2 aromatic carbocycles. The lowest BCUT2D eigenvalue weighted by Gasteiger charge is -2.39. The number of benzene rings is 2. The molecule has 1 aliphatic rings. The van der Waals surface area contributed by atoms with Crippen molar-refractivity contribution in [3.8, 4) is 5.75 Å². The van der Waals surface area contributed by atoms with Gasteiger partial charge in [0.05, 0.1) is 31.4 Å². The van der Waals surface area contributed by atoms with Crippen LogP contribution in [0, 0.1) is 11.3 Å². The van der Waals surface area contributed by atoms with Gasteiger partial charge >= 0.3 is 18.2 Å². The summed E-state index contributed by atoms with van der Waals surface area (Å²) in [5, 5.41) is 10.6. The van der Waals surface area contributed by atoms with E-state index in [9.17, 15) is 27.9 Å². The third-order valence-corrected chi connectivity index (χ3v) is 7.59. The number of hydrogen-bond donors (Lipinski definition) is 1. The normalized spacial score (nSPS) is 21.4. The summed E-state index contributed by atoms with van der Waals surface area (Å²) in [5.41, 5.74) is -0.662. The van der Waals surface area contributed by atoms with Gasteiger partial charge in [0, 0.05) is 23.6 Å². The highest BCUT2D eigenvalue weighted by Crippen LogP contribution is 2.50. The third kappa shape index (κ3) is 6.80. The van der Waals surface area contributed by atoms with Gasteiger partial charge in [-0.25, -0.2) is 9.59 Å². The molecule has 1 saturated heterocycles. The van der Waals surface area contributed by atoms with Crippen molar-refractivity contribution >= 4 is 12.0 Å². The summed E-state index contributed by atoms with van der Waals surface area (Å²) in [6, 6.07) is 9.28. The molecule has 1 fully saturated rings. The molecule has 0 spiro atoms. The molecule has 2 aromatic rings. The number of carbonyl (C=O) groups excluding carboxylic acids is 1. The standard InChI is InChI=1S/C31H41F3N2O5/c1-18(2)35(19(3)4)29(39)36-25(20-12-10-9-11-13-20)27(24(30(5,6)7)26(36)28(37)38)41-17-21-16-22(31(32,33)34)14-15-23(21)40-8/h9-16,18-19,24-27H,17H2,1-8H3,(H,37,38). The second-order valence-electron chi connectivity index (χ2n) is 12.1. The fourth-order valence-corrected chi connectivity index (χ4v) is 5.98. The average Bonchev–Trinajstić information content (AvgIpc) is 3.23. The number of hydrogen-bond acceptors (Lipinski definition) is 4. The van der Waals surface area contributed by atoms with Gasteiger partial charge in [-0.15, -0.1) is 0 Å². The van der Waals surface area contributed by atoms with Crippen LogP contribution in [0.15, 0.2) is 48.5 Å². The highest BCUT2D eigenvalue weighted by atomic mass is 19.4. The first kappa shape index (κ1) is 32.2. The number of ether oxygens (including phenoxy) is 2. The second-order valence-corrected chi connectivity index (χ2v) is 12.1. The number of methoxy groups -OCH3 is 1. The quantitative estimate of drug-likeness (QED) is 0.365. The van der Waals surface area contributed by atoms with Crippen molar-refractivity contribution < 1.29 is 37.3 Å². The monoisotopic (exact) mass is 578 g/mol. The average molecular weight is 579 g/mol. The van der Waals surface area contributed by atoms with Gasteiger partial charge in [-0.05, 0) is 56.9 Å². The number of halogens is 3.